The molecular formula is C14H10N2O4S. The average Bonchev–Trinajstić information content (AvgIpc) is 2.96. The van der Waals surface area contributed by atoms with Gasteiger partial charge in [-0.1, -0.05) is 30.3 Å². The van der Waals surface area contributed by atoms with Crippen molar-refractivity contribution >= 4 is 27.6 Å². The largest absolute Gasteiger partial charge is 0.505 e. The molecule has 0 fully saturated rings. The summed E-state index contributed by atoms with van der Waals surface area (Å²) in [4.78, 5) is 26.0. The van der Waals surface area contributed by atoms with Crippen molar-refractivity contribution in [2.75, 3.05) is 7.11 Å². The number of rotatable bonds is 2. The molecule has 6 nitrogen and oxygen atoms in total. The van der Waals surface area contributed by atoms with E-state index in [-0.39, 0.29) is 21.5 Å². The molecule has 0 spiro atoms. The van der Waals surface area contributed by atoms with E-state index in [9.17, 15) is 14.7 Å². The van der Waals surface area contributed by atoms with E-state index < -0.39 is 11.5 Å². The molecule has 2 heterocycles. The van der Waals surface area contributed by atoms with Gasteiger partial charge in [0.15, 0.2) is 11.4 Å². The molecule has 0 aliphatic rings. The third-order valence-electron chi connectivity index (χ3n) is 3.05. The summed E-state index contributed by atoms with van der Waals surface area (Å²) in [6, 6.07) is 9.13. The molecule has 2 N–H and O–H groups in total. The van der Waals surface area contributed by atoms with Crippen LogP contribution < -0.4 is 5.56 Å². The minimum atomic E-state index is -0.809. The topological polar surface area (TPSA) is 92.3 Å². The van der Waals surface area contributed by atoms with Crippen molar-refractivity contribution in [3.05, 3.63) is 46.4 Å². The molecular weight excluding hydrogens is 292 g/mol. The first-order valence-corrected chi connectivity index (χ1v) is 6.79. The Morgan fingerprint density at radius 1 is 1.33 bits per heavy atom. The summed E-state index contributed by atoms with van der Waals surface area (Å²) < 4.78 is 9.04. The van der Waals surface area contributed by atoms with Gasteiger partial charge in [-0.15, -0.1) is 0 Å². The summed E-state index contributed by atoms with van der Waals surface area (Å²) in [6.07, 6.45) is 0. The van der Waals surface area contributed by atoms with Gasteiger partial charge < -0.3 is 14.8 Å². The lowest BCUT2D eigenvalue weighted by Crippen LogP contribution is -2.13. The molecule has 0 bridgehead atoms. The van der Waals surface area contributed by atoms with Crippen molar-refractivity contribution in [3.8, 4) is 17.0 Å². The number of carbonyl (C=O) groups is 1. The highest BCUT2D eigenvalue weighted by Gasteiger charge is 2.22. The van der Waals surface area contributed by atoms with E-state index in [1.54, 1.807) is 0 Å². The first kappa shape index (κ1) is 13.3. The van der Waals surface area contributed by atoms with Gasteiger partial charge in [0, 0.05) is 5.56 Å². The van der Waals surface area contributed by atoms with E-state index in [0.717, 1.165) is 17.1 Å². The minimum Gasteiger partial charge on any atom is -0.505 e. The van der Waals surface area contributed by atoms with Crippen molar-refractivity contribution in [1.29, 1.82) is 0 Å². The van der Waals surface area contributed by atoms with Crippen molar-refractivity contribution in [2.24, 2.45) is 0 Å². The first-order chi connectivity index (χ1) is 10.1. The number of methoxy groups -OCH3 is 1. The number of aromatic amines is 1. The Bertz CT molecular complexity index is 883. The highest BCUT2D eigenvalue weighted by molar-refractivity contribution is 7.13. The molecule has 0 unspecified atom stereocenters. The van der Waals surface area contributed by atoms with Crippen LogP contribution >= 0.6 is 11.5 Å². The molecule has 0 atom stereocenters. The molecule has 106 valence electrons. The summed E-state index contributed by atoms with van der Waals surface area (Å²) in [6.45, 7) is 0. The van der Waals surface area contributed by atoms with Crippen LogP contribution in [0.2, 0.25) is 0 Å². The molecule has 0 radical (unpaired) electrons. The minimum absolute atomic E-state index is 0.260. The number of nitrogens with one attached hydrogen (secondary N) is 1. The fourth-order valence-electron chi connectivity index (χ4n) is 2.06. The molecule has 0 saturated heterocycles. The summed E-state index contributed by atoms with van der Waals surface area (Å²) in [5, 5.41) is 10.6. The fourth-order valence-corrected chi connectivity index (χ4v) is 2.86. The zero-order valence-corrected chi connectivity index (χ0v) is 11.7. The Morgan fingerprint density at radius 3 is 2.71 bits per heavy atom. The van der Waals surface area contributed by atoms with Crippen LogP contribution in [-0.2, 0) is 4.74 Å². The number of aromatic hydroxyl groups is 1. The Balaban J connectivity index is 2.37. The average molecular weight is 302 g/mol. The molecule has 3 rings (SSSR count). The highest BCUT2D eigenvalue weighted by atomic mass is 32.1. The number of hydrogen-bond donors (Lipinski definition) is 2. The Labute approximate surface area is 122 Å². The van der Waals surface area contributed by atoms with Crippen LogP contribution in [-0.4, -0.2) is 27.5 Å². The normalized spacial score (nSPS) is 10.7. The Hall–Kier alpha value is -2.67. The predicted molar refractivity (Wildman–Crippen MR) is 78.7 cm³/mol. The standard InChI is InChI=1S/C14H10N2O4S/c1-20-14(19)10-11(17)8-9(7-5-3-2-4-6-7)16-21-12(8)13(18)15-10/h2-6,17H,1H3,(H,15,18). The van der Waals surface area contributed by atoms with E-state index in [2.05, 4.69) is 14.1 Å². The number of fused-ring (bicyclic) bond motifs is 1. The van der Waals surface area contributed by atoms with Crippen molar-refractivity contribution in [3.63, 3.8) is 0 Å². The molecule has 7 heteroatoms. The summed E-state index contributed by atoms with van der Waals surface area (Å²) >= 11 is 0.972. The van der Waals surface area contributed by atoms with Crippen molar-refractivity contribution in [1.82, 2.24) is 9.36 Å². The van der Waals surface area contributed by atoms with E-state index in [4.69, 9.17) is 0 Å². The number of ether oxygens (including phenoxy) is 1. The number of benzene rings is 1. The second-order valence-electron chi connectivity index (χ2n) is 4.27. The SMILES string of the molecule is COC(=O)c1[nH]c(=O)c2snc(-c3ccccc3)c2c1O. The zero-order chi connectivity index (χ0) is 15.0. The van der Waals surface area contributed by atoms with Crippen LogP contribution in [0.15, 0.2) is 35.1 Å². The van der Waals surface area contributed by atoms with Gasteiger partial charge >= 0.3 is 5.97 Å². The molecule has 2 aromatic heterocycles. The van der Waals surface area contributed by atoms with Gasteiger partial charge in [-0.05, 0) is 11.5 Å². The molecule has 0 aliphatic heterocycles. The smallest absolute Gasteiger partial charge is 0.358 e. The highest BCUT2D eigenvalue weighted by Crippen LogP contribution is 2.36. The van der Waals surface area contributed by atoms with Crippen LogP contribution in [0.3, 0.4) is 0 Å². The number of H-pyrrole nitrogens is 1. The molecule has 1 aromatic carbocycles. The lowest BCUT2D eigenvalue weighted by Gasteiger charge is -2.04. The second-order valence-corrected chi connectivity index (χ2v) is 5.04. The summed E-state index contributed by atoms with van der Waals surface area (Å²) in [5.41, 5.74) is 0.458. The Kier molecular flexibility index (Phi) is 3.19. The predicted octanol–water partition coefficient (Wildman–Crippen LogP) is 2.14. The third-order valence-corrected chi connectivity index (χ3v) is 3.89. The van der Waals surface area contributed by atoms with Crippen molar-refractivity contribution in [2.45, 2.75) is 0 Å². The molecule has 0 amide bonds. The Morgan fingerprint density at radius 2 is 2.05 bits per heavy atom. The first-order valence-electron chi connectivity index (χ1n) is 6.02. The van der Waals surface area contributed by atoms with Gasteiger partial charge in [0.1, 0.15) is 4.70 Å². The number of pyridine rings is 1. The van der Waals surface area contributed by atoms with E-state index in [1.807, 2.05) is 30.3 Å². The molecule has 0 saturated carbocycles. The van der Waals surface area contributed by atoms with Crippen LogP contribution in [0.4, 0.5) is 0 Å². The number of carbonyl (C=O) groups excluding carboxylic acids is 1. The maximum absolute atomic E-state index is 12.0. The fraction of sp³-hybridized carbons (Fsp3) is 0.0714. The van der Waals surface area contributed by atoms with Crippen LogP contribution in [0, 0.1) is 0 Å². The zero-order valence-electron chi connectivity index (χ0n) is 10.9. The van der Waals surface area contributed by atoms with Gasteiger partial charge in [-0.3, -0.25) is 4.79 Å². The van der Waals surface area contributed by atoms with Crippen LogP contribution in [0.5, 0.6) is 5.75 Å². The number of hydrogen-bond acceptors (Lipinski definition) is 6. The maximum Gasteiger partial charge on any atom is 0.358 e. The second kappa shape index (κ2) is 5.02. The quantitative estimate of drug-likeness (QED) is 0.708. The summed E-state index contributed by atoms with van der Waals surface area (Å²) in [5.74, 6) is -1.14. The maximum atomic E-state index is 12.0. The van der Waals surface area contributed by atoms with E-state index in [1.165, 1.54) is 7.11 Å². The summed E-state index contributed by atoms with van der Waals surface area (Å²) in [7, 11) is 1.17. The lowest BCUT2D eigenvalue weighted by molar-refractivity contribution is 0.0590. The van der Waals surface area contributed by atoms with Crippen LogP contribution in [0.25, 0.3) is 21.3 Å². The van der Waals surface area contributed by atoms with Gasteiger partial charge in [0.05, 0.1) is 18.2 Å². The van der Waals surface area contributed by atoms with E-state index in [0.29, 0.717) is 5.69 Å². The molecule has 21 heavy (non-hydrogen) atoms. The number of aromatic nitrogens is 2. The van der Waals surface area contributed by atoms with Gasteiger partial charge in [-0.25, -0.2) is 4.79 Å². The number of nitrogens with zero attached hydrogens (tertiary/aromatic N) is 1. The van der Waals surface area contributed by atoms with Gasteiger partial charge in [0.25, 0.3) is 5.56 Å². The monoisotopic (exact) mass is 302 g/mol. The molecule has 0 aliphatic carbocycles. The van der Waals surface area contributed by atoms with Crippen molar-refractivity contribution < 1.29 is 14.6 Å². The van der Waals surface area contributed by atoms with E-state index >= 15 is 0 Å². The lowest BCUT2D eigenvalue weighted by atomic mass is 10.1. The van der Waals surface area contributed by atoms with Crippen LogP contribution in [0.1, 0.15) is 10.5 Å². The van der Waals surface area contributed by atoms with Gasteiger partial charge in [-0.2, -0.15) is 4.37 Å². The molecule has 3 aromatic rings. The van der Waals surface area contributed by atoms with Gasteiger partial charge in [0.2, 0.25) is 0 Å². The number of esters is 1. The third kappa shape index (κ3) is 2.07.